The van der Waals surface area contributed by atoms with Crippen molar-refractivity contribution in [2.24, 2.45) is 5.92 Å². The number of furan rings is 1. The number of esters is 1. The van der Waals surface area contributed by atoms with Crippen LogP contribution in [0.25, 0.3) is 0 Å². The lowest BCUT2D eigenvalue weighted by molar-refractivity contribution is -0.141. The van der Waals surface area contributed by atoms with E-state index in [9.17, 15) is 9.59 Å². The summed E-state index contributed by atoms with van der Waals surface area (Å²) in [6.07, 6.45) is 2.13. The van der Waals surface area contributed by atoms with Crippen molar-refractivity contribution in [2.45, 2.75) is 20.8 Å². The van der Waals surface area contributed by atoms with Crippen LogP contribution in [0.1, 0.15) is 31.3 Å². The molecule has 1 aromatic rings. The van der Waals surface area contributed by atoms with Gasteiger partial charge in [0.25, 0.3) is 0 Å². The Morgan fingerprint density at radius 2 is 2.19 bits per heavy atom. The molecule has 0 radical (unpaired) electrons. The fourth-order valence-corrected chi connectivity index (χ4v) is 0.642. The molecule has 0 amide bonds. The first kappa shape index (κ1) is 16.8. The summed E-state index contributed by atoms with van der Waals surface area (Å²) >= 11 is 0. The van der Waals surface area contributed by atoms with E-state index in [2.05, 4.69) is 9.15 Å². The van der Waals surface area contributed by atoms with Crippen molar-refractivity contribution in [1.82, 2.24) is 0 Å². The molecule has 5 heteroatoms. The molecule has 0 unspecified atom stereocenters. The van der Waals surface area contributed by atoms with Crippen molar-refractivity contribution in [1.29, 1.82) is 0 Å². The van der Waals surface area contributed by atoms with Gasteiger partial charge in [-0.05, 0) is 18.1 Å². The average molecular weight is 230 g/mol. The minimum absolute atomic E-state index is 0. The Labute approximate surface area is 94.7 Å². The minimum atomic E-state index is -0.196. The zero-order valence-corrected chi connectivity index (χ0v) is 9.73. The molecule has 1 aromatic heterocycles. The van der Waals surface area contributed by atoms with Gasteiger partial charge in [-0.1, -0.05) is 13.8 Å². The third-order valence-electron chi connectivity index (χ3n) is 1.28. The maximum absolute atomic E-state index is 10.1. The van der Waals surface area contributed by atoms with E-state index in [1.165, 1.54) is 13.2 Å². The summed E-state index contributed by atoms with van der Waals surface area (Å²) in [6, 6.07) is 3.27. The van der Waals surface area contributed by atoms with Crippen LogP contribution in [0.5, 0.6) is 0 Å². The van der Waals surface area contributed by atoms with Gasteiger partial charge in [-0.15, -0.1) is 0 Å². The van der Waals surface area contributed by atoms with Gasteiger partial charge in [0.15, 0.2) is 12.0 Å². The number of carbonyl (C=O) groups excluding carboxylic acids is 2. The highest BCUT2D eigenvalue weighted by Crippen LogP contribution is 1.92. The fourth-order valence-electron chi connectivity index (χ4n) is 0.642. The maximum Gasteiger partial charge on any atom is 0.302 e. The summed E-state index contributed by atoms with van der Waals surface area (Å²) in [7, 11) is 0. The fraction of sp³-hybridized carbons (Fsp3) is 0.455. The third-order valence-corrected chi connectivity index (χ3v) is 1.28. The van der Waals surface area contributed by atoms with Crippen LogP contribution in [0.15, 0.2) is 22.8 Å². The molecule has 0 fully saturated rings. The number of carbonyl (C=O) groups is 2. The molecule has 0 aliphatic carbocycles. The Morgan fingerprint density at radius 3 is 2.38 bits per heavy atom. The van der Waals surface area contributed by atoms with E-state index in [1.54, 1.807) is 12.1 Å². The standard InChI is InChI=1S/C6H12O2.C5H4O2.H2O/c1-5(2)4-8-6(3)7;6-4-5-2-1-3-7-5;/h5H,4H2,1-3H3;1-4H;1H2. The van der Waals surface area contributed by atoms with E-state index in [1.807, 2.05) is 13.8 Å². The molecule has 1 rings (SSSR count). The Bertz CT molecular complexity index is 277. The molecule has 1 heterocycles. The summed E-state index contributed by atoms with van der Waals surface area (Å²) in [5.41, 5.74) is 0. The number of hydrogen-bond acceptors (Lipinski definition) is 4. The Kier molecular flexibility index (Phi) is 10.4. The number of aldehydes is 1. The van der Waals surface area contributed by atoms with Gasteiger partial charge in [-0.25, -0.2) is 0 Å². The molecule has 0 spiro atoms. The molecule has 2 N–H and O–H groups in total. The van der Waals surface area contributed by atoms with E-state index >= 15 is 0 Å². The monoisotopic (exact) mass is 230 g/mol. The molecule has 5 nitrogen and oxygen atoms in total. The Hall–Kier alpha value is -1.62. The van der Waals surface area contributed by atoms with E-state index in [4.69, 9.17) is 0 Å². The van der Waals surface area contributed by atoms with Crippen molar-refractivity contribution in [3.05, 3.63) is 24.2 Å². The Morgan fingerprint density at radius 1 is 1.56 bits per heavy atom. The summed E-state index contributed by atoms with van der Waals surface area (Å²) in [4.78, 5) is 19.9. The van der Waals surface area contributed by atoms with Gasteiger partial charge in [0.1, 0.15) is 0 Å². The van der Waals surface area contributed by atoms with Gasteiger partial charge < -0.3 is 14.6 Å². The van der Waals surface area contributed by atoms with Crippen LogP contribution in [-0.2, 0) is 9.53 Å². The predicted octanol–water partition coefficient (Wildman–Crippen LogP) is 1.47. The molecule has 0 saturated carbocycles. The highest BCUT2D eigenvalue weighted by atomic mass is 16.5. The topological polar surface area (TPSA) is 88.0 Å². The van der Waals surface area contributed by atoms with Gasteiger partial charge in [0.05, 0.1) is 12.9 Å². The molecular weight excluding hydrogens is 212 g/mol. The molecule has 0 bridgehead atoms. The molecule has 0 atom stereocenters. The van der Waals surface area contributed by atoms with Crippen molar-refractivity contribution in [3.8, 4) is 0 Å². The van der Waals surface area contributed by atoms with E-state index < -0.39 is 0 Å². The first-order valence-electron chi connectivity index (χ1n) is 4.68. The summed E-state index contributed by atoms with van der Waals surface area (Å²) < 4.78 is 9.28. The molecule has 16 heavy (non-hydrogen) atoms. The van der Waals surface area contributed by atoms with Crippen molar-refractivity contribution in [3.63, 3.8) is 0 Å². The predicted molar refractivity (Wildman–Crippen MR) is 59.2 cm³/mol. The smallest absolute Gasteiger partial charge is 0.302 e. The van der Waals surface area contributed by atoms with Gasteiger partial charge in [-0.2, -0.15) is 0 Å². The lowest BCUT2D eigenvalue weighted by atomic mass is 10.2. The molecule has 92 valence electrons. The van der Waals surface area contributed by atoms with Gasteiger partial charge in [0, 0.05) is 6.92 Å². The van der Waals surface area contributed by atoms with Crippen LogP contribution in [0.2, 0.25) is 0 Å². The summed E-state index contributed by atoms with van der Waals surface area (Å²) in [5, 5.41) is 0. The van der Waals surface area contributed by atoms with Crippen LogP contribution in [0, 0.1) is 5.92 Å². The van der Waals surface area contributed by atoms with E-state index in [0.29, 0.717) is 24.6 Å². The van der Waals surface area contributed by atoms with Crippen LogP contribution in [0.4, 0.5) is 0 Å². The van der Waals surface area contributed by atoms with Gasteiger partial charge >= 0.3 is 5.97 Å². The molecule has 0 aliphatic heterocycles. The first-order chi connectivity index (χ1) is 7.06. The summed E-state index contributed by atoms with van der Waals surface area (Å²) in [6.45, 7) is 5.96. The molecular formula is C11H18O5. The van der Waals surface area contributed by atoms with Gasteiger partial charge in [-0.3, -0.25) is 9.59 Å². The molecule has 0 aromatic carbocycles. The first-order valence-corrected chi connectivity index (χ1v) is 4.68. The van der Waals surface area contributed by atoms with Crippen LogP contribution < -0.4 is 0 Å². The maximum atomic E-state index is 10.1. The second kappa shape index (κ2) is 9.92. The average Bonchev–Trinajstić information content (AvgIpc) is 2.68. The van der Waals surface area contributed by atoms with Crippen molar-refractivity contribution < 1.29 is 24.2 Å². The van der Waals surface area contributed by atoms with Crippen LogP contribution >= 0.6 is 0 Å². The quantitative estimate of drug-likeness (QED) is 0.581. The number of hydrogen-bond donors (Lipinski definition) is 0. The number of ether oxygens (including phenoxy) is 1. The summed E-state index contributed by atoms with van der Waals surface area (Å²) in [5.74, 6) is 0.623. The zero-order valence-electron chi connectivity index (χ0n) is 9.73. The SMILES string of the molecule is CC(=O)OCC(C)C.O.O=Cc1ccco1. The van der Waals surface area contributed by atoms with Crippen LogP contribution in [-0.4, -0.2) is 24.3 Å². The zero-order chi connectivity index (χ0) is 11.7. The lowest BCUT2D eigenvalue weighted by Gasteiger charge is -2.02. The second-order valence-corrected chi connectivity index (χ2v) is 3.33. The number of rotatable bonds is 3. The largest absolute Gasteiger partial charge is 0.466 e. The Balaban J connectivity index is 0. The lowest BCUT2D eigenvalue weighted by Crippen LogP contribution is -2.05. The van der Waals surface area contributed by atoms with E-state index in [-0.39, 0.29) is 11.4 Å². The normalized spacial score (nSPS) is 8.50. The van der Waals surface area contributed by atoms with Crippen molar-refractivity contribution in [2.75, 3.05) is 6.61 Å². The molecule has 0 aliphatic rings. The van der Waals surface area contributed by atoms with E-state index in [0.717, 1.165) is 0 Å². The second-order valence-electron chi connectivity index (χ2n) is 3.33. The van der Waals surface area contributed by atoms with Crippen LogP contribution in [0.3, 0.4) is 0 Å². The third kappa shape index (κ3) is 10.5. The van der Waals surface area contributed by atoms with Crippen molar-refractivity contribution >= 4 is 12.3 Å². The highest BCUT2D eigenvalue weighted by Gasteiger charge is 1.94. The molecule has 0 saturated heterocycles. The minimum Gasteiger partial charge on any atom is -0.466 e. The van der Waals surface area contributed by atoms with Gasteiger partial charge in [0.2, 0.25) is 0 Å². The highest BCUT2D eigenvalue weighted by molar-refractivity contribution is 5.69.